The van der Waals surface area contributed by atoms with E-state index >= 15 is 0 Å². The summed E-state index contributed by atoms with van der Waals surface area (Å²) in [5.74, 6) is -0.355. The lowest BCUT2D eigenvalue weighted by Gasteiger charge is -2.38. The Bertz CT molecular complexity index is 1040. The number of β-amino-alcohol motifs (C(OH)–C–C–N with tert-alkyl or cyclic N) is 1. The van der Waals surface area contributed by atoms with Gasteiger partial charge in [0.1, 0.15) is 5.75 Å². The Hall–Kier alpha value is -2.04. The summed E-state index contributed by atoms with van der Waals surface area (Å²) in [6.07, 6.45) is 6.19. The van der Waals surface area contributed by atoms with E-state index < -0.39 is 17.7 Å². The highest BCUT2D eigenvalue weighted by atomic mass is 127. The fourth-order valence-corrected chi connectivity index (χ4v) is 5.80. The van der Waals surface area contributed by atoms with Crippen LogP contribution in [-0.4, -0.2) is 66.8 Å². The van der Waals surface area contributed by atoms with E-state index in [-0.39, 0.29) is 15.4 Å². The number of aliphatic hydroxyl groups is 1. The molecule has 2 saturated heterocycles. The molecule has 5 nitrogen and oxygen atoms in total. The minimum Gasteiger partial charge on any atom is -0.497 e. The molecule has 2 aliphatic heterocycles. The lowest BCUT2D eigenvalue weighted by atomic mass is 9.88. The van der Waals surface area contributed by atoms with E-state index in [1.54, 1.807) is 34.6 Å². The molecule has 36 heavy (non-hydrogen) atoms. The normalized spacial score (nSPS) is 19.1. The molecule has 1 atom stereocenters. The largest absolute Gasteiger partial charge is 0.497 e. The van der Waals surface area contributed by atoms with Crippen LogP contribution in [0.4, 0.5) is 8.78 Å². The standard InChI is InChI=1S/C28H33F2IN2O3/c1-36-23-5-3-20(4-6-23)21-8-12-32(13-9-21)18-26(34)22-10-14-33(15-11-22)27(35)7-2-19-16-24(29)28(30)25(31)17-19/h2-7,16-17,21-22,26,34H,8-15,18H2,1H3/b7-2+. The number of piperidine rings is 2. The summed E-state index contributed by atoms with van der Waals surface area (Å²) in [6, 6.07) is 10.9. The molecule has 0 saturated carbocycles. The molecule has 4 rings (SSSR count). The van der Waals surface area contributed by atoms with E-state index in [0.29, 0.717) is 31.1 Å². The van der Waals surface area contributed by atoms with Crippen molar-refractivity contribution in [2.75, 3.05) is 39.8 Å². The second-order valence-electron chi connectivity index (χ2n) is 9.71. The van der Waals surface area contributed by atoms with Gasteiger partial charge in [0.05, 0.1) is 16.8 Å². The number of carbonyl (C=O) groups is 1. The zero-order valence-electron chi connectivity index (χ0n) is 20.5. The molecule has 2 heterocycles. The maximum absolute atomic E-state index is 13.6. The molecular formula is C28H33F2IN2O3. The van der Waals surface area contributed by atoms with Crippen molar-refractivity contribution < 1.29 is 23.4 Å². The van der Waals surface area contributed by atoms with Gasteiger partial charge >= 0.3 is 0 Å². The summed E-state index contributed by atoms with van der Waals surface area (Å²) < 4.78 is 32.5. The second-order valence-corrected chi connectivity index (χ2v) is 10.9. The number of hydrogen-bond donors (Lipinski definition) is 1. The lowest BCUT2D eigenvalue weighted by molar-refractivity contribution is -0.128. The maximum Gasteiger partial charge on any atom is 0.246 e. The predicted octanol–water partition coefficient (Wildman–Crippen LogP) is 5.07. The van der Waals surface area contributed by atoms with Crippen molar-refractivity contribution in [3.8, 4) is 5.75 Å². The average Bonchev–Trinajstić information content (AvgIpc) is 2.91. The number of methoxy groups -OCH3 is 1. The van der Waals surface area contributed by atoms with E-state index in [4.69, 9.17) is 4.74 Å². The molecule has 1 N–H and O–H groups in total. The van der Waals surface area contributed by atoms with Crippen LogP contribution in [0.1, 0.15) is 42.7 Å². The first-order valence-electron chi connectivity index (χ1n) is 12.5. The summed E-state index contributed by atoms with van der Waals surface area (Å²) in [5, 5.41) is 10.9. The number of hydrogen-bond acceptors (Lipinski definition) is 4. The van der Waals surface area contributed by atoms with Gasteiger partial charge in [-0.3, -0.25) is 4.79 Å². The van der Waals surface area contributed by atoms with E-state index in [1.165, 1.54) is 23.8 Å². The van der Waals surface area contributed by atoms with Crippen LogP contribution in [0.25, 0.3) is 6.08 Å². The van der Waals surface area contributed by atoms with Crippen LogP contribution in [-0.2, 0) is 4.79 Å². The third-order valence-electron chi connectivity index (χ3n) is 7.44. The predicted molar refractivity (Wildman–Crippen MR) is 145 cm³/mol. The molecule has 0 bridgehead atoms. The van der Waals surface area contributed by atoms with Gasteiger partial charge in [0, 0.05) is 25.7 Å². The number of nitrogens with zero attached hydrogens (tertiary/aromatic N) is 2. The van der Waals surface area contributed by atoms with Crippen molar-refractivity contribution in [2.45, 2.75) is 37.7 Å². The van der Waals surface area contributed by atoms with Crippen molar-refractivity contribution in [2.24, 2.45) is 5.92 Å². The highest BCUT2D eigenvalue weighted by Gasteiger charge is 2.29. The number of halogens is 3. The average molecular weight is 610 g/mol. The molecule has 0 aromatic heterocycles. The molecule has 2 fully saturated rings. The van der Waals surface area contributed by atoms with E-state index in [2.05, 4.69) is 17.0 Å². The smallest absolute Gasteiger partial charge is 0.246 e. The molecule has 1 amide bonds. The number of benzene rings is 2. The Morgan fingerprint density at radius 1 is 1.11 bits per heavy atom. The molecule has 8 heteroatoms. The summed E-state index contributed by atoms with van der Waals surface area (Å²) >= 11 is 1.73. The van der Waals surface area contributed by atoms with Crippen LogP contribution in [0, 0.1) is 21.1 Å². The van der Waals surface area contributed by atoms with Crippen LogP contribution < -0.4 is 4.74 Å². The first kappa shape index (κ1) is 27.0. The number of amides is 1. The molecule has 2 aromatic carbocycles. The van der Waals surface area contributed by atoms with Gasteiger partial charge in [0.15, 0.2) is 11.6 Å². The van der Waals surface area contributed by atoms with Gasteiger partial charge in [0.2, 0.25) is 5.91 Å². The van der Waals surface area contributed by atoms with Crippen LogP contribution in [0.2, 0.25) is 0 Å². The van der Waals surface area contributed by atoms with E-state index in [0.717, 1.165) is 50.6 Å². The number of aliphatic hydroxyl groups excluding tert-OH is 1. The first-order valence-corrected chi connectivity index (χ1v) is 13.6. The van der Waals surface area contributed by atoms with E-state index in [1.807, 2.05) is 12.1 Å². The van der Waals surface area contributed by atoms with Crippen LogP contribution in [0.3, 0.4) is 0 Å². The highest BCUT2D eigenvalue weighted by molar-refractivity contribution is 14.1. The Balaban J connectivity index is 1.20. The number of carbonyl (C=O) groups excluding carboxylic acids is 1. The van der Waals surface area contributed by atoms with Crippen molar-refractivity contribution in [3.63, 3.8) is 0 Å². The van der Waals surface area contributed by atoms with Crippen molar-refractivity contribution >= 4 is 34.6 Å². The van der Waals surface area contributed by atoms with Crippen molar-refractivity contribution in [3.05, 3.63) is 68.8 Å². The fourth-order valence-electron chi connectivity index (χ4n) is 5.19. The third kappa shape index (κ3) is 6.83. The molecule has 2 aromatic rings. The Morgan fingerprint density at radius 3 is 2.39 bits per heavy atom. The minimum atomic E-state index is -0.922. The zero-order valence-corrected chi connectivity index (χ0v) is 22.7. The first-order chi connectivity index (χ1) is 17.3. The van der Waals surface area contributed by atoms with Gasteiger partial charge in [0.25, 0.3) is 0 Å². The van der Waals surface area contributed by atoms with Crippen LogP contribution in [0.15, 0.2) is 42.5 Å². The van der Waals surface area contributed by atoms with Gasteiger partial charge in [-0.15, -0.1) is 0 Å². The van der Waals surface area contributed by atoms with Gasteiger partial charge in [-0.25, -0.2) is 8.78 Å². The third-order valence-corrected chi connectivity index (χ3v) is 8.22. The van der Waals surface area contributed by atoms with Gasteiger partial charge in [-0.05, 0) is 115 Å². The summed E-state index contributed by atoms with van der Waals surface area (Å²) in [6.45, 7) is 3.78. The van der Waals surface area contributed by atoms with Crippen LogP contribution in [0.5, 0.6) is 5.75 Å². The second kappa shape index (κ2) is 12.5. The number of likely N-dealkylation sites (tertiary alicyclic amines) is 2. The Labute approximate surface area is 225 Å². The van der Waals surface area contributed by atoms with E-state index in [9.17, 15) is 18.7 Å². The summed E-state index contributed by atoms with van der Waals surface area (Å²) in [4.78, 5) is 16.7. The topological polar surface area (TPSA) is 53.0 Å². The molecule has 2 aliphatic rings. The van der Waals surface area contributed by atoms with Crippen molar-refractivity contribution in [1.82, 2.24) is 9.80 Å². The molecule has 194 valence electrons. The number of ether oxygens (including phenoxy) is 1. The van der Waals surface area contributed by atoms with Gasteiger partial charge in [-0.1, -0.05) is 12.1 Å². The van der Waals surface area contributed by atoms with Crippen LogP contribution >= 0.6 is 22.6 Å². The highest BCUT2D eigenvalue weighted by Crippen LogP contribution is 2.30. The zero-order chi connectivity index (χ0) is 25.7. The fraction of sp³-hybridized carbons (Fsp3) is 0.464. The molecule has 0 spiro atoms. The number of rotatable bonds is 7. The Kier molecular flexibility index (Phi) is 9.35. The van der Waals surface area contributed by atoms with Gasteiger partial charge in [-0.2, -0.15) is 0 Å². The van der Waals surface area contributed by atoms with Gasteiger partial charge < -0.3 is 19.6 Å². The maximum atomic E-state index is 13.6. The quantitative estimate of drug-likeness (QED) is 0.271. The summed E-state index contributed by atoms with van der Waals surface area (Å²) in [5.41, 5.74) is 1.80. The minimum absolute atomic E-state index is 0.150. The lowest BCUT2D eigenvalue weighted by Crippen LogP contribution is -2.45. The molecular weight excluding hydrogens is 577 g/mol. The SMILES string of the molecule is COc1ccc(C2CCN(CC(O)C3CCN(C(=O)/C=C/c4cc(F)c(F)c(I)c4)CC3)CC2)cc1. The molecule has 1 unspecified atom stereocenters. The molecule has 0 aliphatic carbocycles. The monoisotopic (exact) mass is 610 g/mol. The summed E-state index contributed by atoms with van der Waals surface area (Å²) in [7, 11) is 1.68. The Morgan fingerprint density at radius 2 is 1.78 bits per heavy atom. The molecule has 0 radical (unpaired) electrons. The van der Waals surface area contributed by atoms with Crippen molar-refractivity contribution in [1.29, 1.82) is 0 Å².